The fourth-order valence-electron chi connectivity index (χ4n) is 3.28. The molecule has 0 bridgehead atoms. The SMILES string of the molecule is CCNC(c1cnnn1C)C1(OCC)CCCCC1. The molecule has 0 amide bonds. The van der Waals surface area contributed by atoms with Gasteiger partial charge in [-0.05, 0) is 26.3 Å². The van der Waals surface area contributed by atoms with Crippen molar-refractivity contribution in [1.29, 1.82) is 0 Å². The molecule has 2 rings (SSSR count). The molecule has 0 radical (unpaired) electrons. The molecule has 1 atom stereocenters. The van der Waals surface area contributed by atoms with Gasteiger partial charge in [-0.25, -0.2) is 0 Å². The van der Waals surface area contributed by atoms with Crippen LogP contribution < -0.4 is 5.32 Å². The Morgan fingerprint density at radius 1 is 1.37 bits per heavy atom. The highest BCUT2D eigenvalue weighted by Crippen LogP contribution is 2.41. The van der Waals surface area contributed by atoms with Crippen LogP contribution in [0.1, 0.15) is 57.7 Å². The largest absolute Gasteiger partial charge is 0.373 e. The van der Waals surface area contributed by atoms with Crippen molar-refractivity contribution in [2.45, 2.75) is 57.6 Å². The lowest BCUT2D eigenvalue weighted by molar-refractivity contribution is -0.0925. The highest BCUT2D eigenvalue weighted by atomic mass is 16.5. The summed E-state index contributed by atoms with van der Waals surface area (Å²) in [5.74, 6) is 0. The number of aromatic nitrogens is 3. The lowest BCUT2D eigenvalue weighted by Gasteiger charge is -2.43. The van der Waals surface area contributed by atoms with Crippen molar-refractivity contribution >= 4 is 0 Å². The molecule has 5 heteroatoms. The van der Waals surface area contributed by atoms with Crippen LogP contribution in [-0.2, 0) is 11.8 Å². The van der Waals surface area contributed by atoms with Gasteiger partial charge in [0.1, 0.15) is 0 Å². The van der Waals surface area contributed by atoms with E-state index in [-0.39, 0.29) is 11.6 Å². The molecule has 0 aliphatic heterocycles. The zero-order valence-corrected chi connectivity index (χ0v) is 12.4. The highest BCUT2D eigenvalue weighted by molar-refractivity contribution is 5.11. The number of nitrogens with zero attached hydrogens (tertiary/aromatic N) is 3. The maximum atomic E-state index is 6.23. The van der Waals surface area contributed by atoms with Crippen LogP contribution in [0.5, 0.6) is 0 Å². The Balaban J connectivity index is 2.31. The molecule has 108 valence electrons. The summed E-state index contributed by atoms with van der Waals surface area (Å²) in [5, 5.41) is 11.7. The summed E-state index contributed by atoms with van der Waals surface area (Å²) in [4.78, 5) is 0. The Morgan fingerprint density at radius 2 is 2.11 bits per heavy atom. The molecule has 0 saturated heterocycles. The second-order valence-electron chi connectivity index (χ2n) is 5.33. The molecule has 0 aromatic carbocycles. The molecule has 1 aromatic heterocycles. The first-order valence-electron chi connectivity index (χ1n) is 7.45. The van der Waals surface area contributed by atoms with Crippen molar-refractivity contribution in [3.8, 4) is 0 Å². The molecular weight excluding hydrogens is 240 g/mol. The van der Waals surface area contributed by atoms with Gasteiger partial charge in [-0.15, -0.1) is 5.10 Å². The van der Waals surface area contributed by atoms with Crippen LogP contribution in [-0.4, -0.2) is 33.7 Å². The van der Waals surface area contributed by atoms with Gasteiger partial charge in [0.2, 0.25) is 0 Å². The average molecular weight is 266 g/mol. The van der Waals surface area contributed by atoms with Crippen molar-refractivity contribution in [1.82, 2.24) is 20.3 Å². The fourth-order valence-corrected chi connectivity index (χ4v) is 3.28. The molecule has 1 heterocycles. The maximum absolute atomic E-state index is 6.23. The predicted octanol–water partition coefficient (Wildman–Crippen LogP) is 2.21. The Morgan fingerprint density at radius 3 is 2.63 bits per heavy atom. The van der Waals surface area contributed by atoms with Crippen molar-refractivity contribution in [2.75, 3.05) is 13.2 Å². The average Bonchev–Trinajstić information content (AvgIpc) is 2.83. The Labute approximate surface area is 115 Å². The summed E-state index contributed by atoms with van der Waals surface area (Å²) in [7, 11) is 1.95. The lowest BCUT2D eigenvalue weighted by atomic mass is 9.78. The number of aryl methyl sites for hydroxylation is 1. The van der Waals surface area contributed by atoms with Gasteiger partial charge in [-0.2, -0.15) is 0 Å². The minimum atomic E-state index is -0.0987. The van der Waals surface area contributed by atoms with Gasteiger partial charge in [0.25, 0.3) is 0 Å². The topological polar surface area (TPSA) is 52.0 Å². The molecule has 1 saturated carbocycles. The first-order chi connectivity index (χ1) is 9.23. The van der Waals surface area contributed by atoms with E-state index in [1.165, 1.54) is 19.3 Å². The number of hydrogen-bond acceptors (Lipinski definition) is 4. The summed E-state index contributed by atoms with van der Waals surface area (Å²) in [6.07, 6.45) is 7.90. The normalized spacial score (nSPS) is 20.4. The van der Waals surface area contributed by atoms with Crippen molar-refractivity contribution in [2.24, 2.45) is 7.05 Å². The second-order valence-corrected chi connectivity index (χ2v) is 5.33. The number of likely N-dealkylation sites (N-methyl/N-ethyl adjacent to an activating group) is 1. The summed E-state index contributed by atoms with van der Waals surface area (Å²) in [5.41, 5.74) is 1.02. The standard InChI is InChI=1S/C14H26N4O/c1-4-15-13(12-11-16-17-18(12)3)14(19-5-2)9-7-6-8-10-14/h11,13,15H,4-10H2,1-3H3. The van der Waals surface area contributed by atoms with Crippen LogP contribution in [0.3, 0.4) is 0 Å². The van der Waals surface area contributed by atoms with Crippen molar-refractivity contribution < 1.29 is 4.74 Å². The van der Waals surface area contributed by atoms with E-state index in [0.717, 1.165) is 31.7 Å². The third-order valence-electron chi connectivity index (χ3n) is 4.11. The van der Waals surface area contributed by atoms with Gasteiger partial charge in [0.15, 0.2) is 0 Å². The first kappa shape index (κ1) is 14.5. The van der Waals surface area contributed by atoms with Crippen LogP contribution >= 0.6 is 0 Å². The molecule has 1 aliphatic rings. The van der Waals surface area contributed by atoms with Crippen LogP contribution in [0, 0.1) is 0 Å². The quantitative estimate of drug-likeness (QED) is 0.857. The number of ether oxygens (including phenoxy) is 1. The van der Waals surface area contributed by atoms with Crippen LogP contribution in [0.25, 0.3) is 0 Å². The summed E-state index contributed by atoms with van der Waals surface area (Å²) >= 11 is 0. The lowest BCUT2D eigenvalue weighted by Crippen LogP contribution is -2.48. The van der Waals surface area contributed by atoms with E-state index in [1.54, 1.807) is 0 Å². The monoisotopic (exact) mass is 266 g/mol. The van der Waals surface area contributed by atoms with E-state index in [2.05, 4.69) is 29.5 Å². The number of hydrogen-bond donors (Lipinski definition) is 1. The van der Waals surface area contributed by atoms with Gasteiger partial charge in [0.05, 0.1) is 23.5 Å². The van der Waals surface area contributed by atoms with E-state index in [1.807, 2.05) is 17.9 Å². The Hall–Kier alpha value is -0.940. The smallest absolute Gasteiger partial charge is 0.0892 e. The van der Waals surface area contributed by atoms with E-state index < -0.39 is 0 Å². The fraction of sp³-hybridized carbons (Fsp3) is 0.857. The third kappa shape index (κ3) is 2.98. The molecule has 0 spiro atoms. The molecule has 1 aromatic rings. The first-order valence-corrected chi connectivity index (χ1v) is 7.45. The summed E-state index contributed by atoms with van der Waals surface area (Å²) in [6, 6.07) is 0.178. The minimum absolute atomic E-state index is 0.0987. The van der Waals surface area contributed by atoms with Crippen LogP contribution in [0.4, 0.5) is 0 Å². The molecule has 1 aliphatic carbocycles. The van der Waals surface area contributed by atoms with Crippen LogP contribution in [0.2, 0.25) is 0 Å². The van der Waals surface area contributed by atoms with E-state index in [4.69, 9.17) is 4.74 Å². The van der Waals surface area contributed by atoms with E-state index in [9.17, 15) is 0 Å². The number of nitrogens with one attached hydrogen (secondary N) is 1. The van der Waals surface area contributed by atoms with Crippen molar-refractivity contribution in [3.05, 3.63) is 11.9 Å². The molecule has 1 fully saturated rings. The van der Waals surface area contributed by atoms with Gasteiger partial charge < -0.3 is 10.1 Å². The van der Waals surface area contributed by atoms with Gasteiger partial charge >= 0.3 is 0 Å². The number of rotatable bonds is 6. The molecule has 19 heavy (non-hydrogen) atoms. The molecule has 1 N–H and O–H groups in total. The van der Waals surface area contributed by atoms with Gasteiger partial charge in [-0.1, -0.05) is 31.4 Å². The third-order valence-corrected chi connectivity index (χ3v) is 4.11. The Bertz CT molecular complexity index is 379. The van der Waals surface area contributed by atoms with E-state index in [0.29, 0.717) is 0 Å². The van der Waals surface area contributed by atoms with Crippen molar-refractivity contribution in [3.63, 3.8) is 0 Å². The summed E-state index contributed by atoms with van der Waals surface area (Å²) < 4.78 is 8.10. The zero-order chi connectivity index (χ0) is 13.7. The predicted molar refractivity (Wildman–Crippen MR) is 74.9 cm³/mol. The van der Waals surface area contributed by atoms with E-state index >= 15 is 0 Å². The highest BCUT2D eigenvalue weighted by Gasteiger charge is 2.42. The Kier molecular flexibility index (Phi) is 4.93. The second kappa shape index (κ2) is 6.48. The molecular formula is C14H26N4O. The minimum Gasteiger partial charge on any atom is -0.373 e. The van der Waals surface area contributed by atoms with Gasteiger partial charge in [0, 0.05) is 13.7 Å². The van der Waals surface area contributed by atoms with Gasteiger partial charge in [-0.3, -0.25) is 4.68 Å². The van der Waals surface area contributed by atoms with Crippen LogP contribution in [0.15, 0.2) is 6.20 Å². The summed E-state index contributed by atoms with van der Waals surface area (Å²) in [6.45, 7) is 5.90. The maximum Gasteiger partial charge on any atom is 0.0892 e. The zero-order valence-electron chi connectivity index (χ0n) is 12.4. The molecule has 1 unspecified atom stereocenters. The molecule has 5 nitrogen and oxygen atoms in total.